The predicted octanol–water partition coefficient (Wildman–Crippen LogP) is 2.26. The standard InChI is InChI=1S/C12H15NO5/c1-12(2,11(14)15)7-8-4-5-10(18-3)9(6-8)13(16)17/h4-6H,7H2,1-3H3,(H,14,15). The molecule has 0 atom stereocenters. The summed E-state index contributed by atoms with van der Waals surface area (Å²) in [6.07, 6.45) is 0.215. The molecule has 0 saturated heterocycles. The van der Waals surface area contributed by atoms with Gasteiger partial charge in [0.2, 0.25) is 0 Å². The third kappa shape index (κ3) is 2.97. The van der Waals surface area contributed by atoms with E-state index in [1.165, 1.54) is 19.2 Å². The fraction of sp³-hybridized carbons (Fsp3) is 0.417. The first-order valence-electron chi connectivity index (χ1n) is 5.32. The summed E-state index contributed by atoms with van der Waals surface area (Å²) < 4.78 is 4.88. The predicted molar refractivity (Wildman–Crippen MR) is 64.8 cm³/mol. The largest absolute Gasteiger partial charge is 0.490 e. The molecule has 0 aliphatic heterocycles. The summed E-state index contributed by atoms with van der Waals surface area (Å²) in [5.41, 5.74) is -0.534. The van der Waals surface area contributed by atoms with Gasteiger partial charge in [-0.1, -0.05) is 6.07 Å². The molecule has 1 N–H and O–H groups in total. The highest BCUT2D eigenvalue weighted by atomic mass is 16.6. The number of carboxylic acid groups (broad SMARTS) is 1. The number of methoxy groups -OCH3 is 1. The number of benzene rings is 1. The molecule has 1 aromatic carbocycles. The first-order chi connectivity index (χ1) is 8.27. The Balaban J connectivity index is 3.10. The van der Waals surface area contributed by atoms with Crippen molar-refractivity contribution in [2.24, 2.45) is 5.41 Å². The molecule has 98 valence electrons. The van der Waals surface area contributed by atoms with Crippen LogP contribution in [0.25, 0.3) is 0 Å². The average molecular weight is 253 g/mol. The number of aliphatic carboxylic acids is 1. The Morgan fingerprint density at radius 3 is 2.56 bits per heavy atom. The first-order valence-corrected chi connectivity index (χ1v) is 5.32. The Morgan fingerprint density at radius 2 is 2.11 bits per heavy atom. The molecule has 18 heavy (non-hydrogen) atoms. The van der Waals surface area contributed by atoms with Gasteiger partial charge in [0, 0.05) is 6.07 Å². The quantitative estimate of drug-likeness (QED) is 0.642. The molecule has 1 rings (SSSR count). The number of hydrogen-bond acceptors (Lipinski definition) is 4. The fourth-order valence-electron chi connectivity index (χ4n) is 1.57. The van der Waals surface area contributed by atoms with Crippen molar-refractivity contribution in [1.29, 1.82) is 0 Å². The molecule has 0 aromatic heterocycles. The lowest BCUT2D eigenvalue weighted by molar-refractivity contribution is -0.385. The van der Waals surface area contributed by atoms with Gasteiger partial charge in [-0.25, -0.2) is 0 Å². The van der Waals surface area contributed by atoms with Crippen molar-refractivity contribution in [3.8, 4) is 5.75 Å². The first kappa shape index (κ1) is 14.0. The lowest BCUT2D eigenvalue weighted by Gasteiger charge is -2.18. The van der Waals surface area contributed by atoms with Crippen LogP contribution >= 0.6 is 0 Å². The van der Waals surface area contributed by atoms with E-state index in [1.807, 2.05) is 0 Å². The van der Waals surface area contributed by atoms with Gasteiger partial charge in [0.05, 0.1) is 17.4 Å². The summed E-state index contributed by atoms with van der Waals surface area (Å²) in [7, 11) is 1.35. The van der Waals surface area contributed by atoms with Gasteiger partial charge in [-0.2, -0.15) is 0 Å². The maximum Gasteiger partial charge on any atom is 0.311 e. The number of rotatable bonds is 5. The van der Waals surface area contributed by atoms with Gasteiger partial charge < -0.3 is 9.84 Å². The molecule has 0 amide bonds. The van der Waals surface area contributed by atoms with E-state index in [-0.39, 0.29) is 17.9 Å². The lowest BCUT2D eigenvalue weighted by atomic mass is 9.86. The van der Waals surface area contributed by atoms with Crippen LogP contribution in [0.2, 0.25) is 0 Å². The number of nitro groups is 1. The second-order valence-electron chi connectivity index (χ2n) is 4.63. The van der Waals surface area contributed by atoms with Crippen LogP contribution in [0.5, 0.6) is 5.75 Å². The van der Waals surface area contributed by atoms with Crippen LogP contribution in [0.15, 0.2) is 18.2 Å². The molecule has 0 heterocycles. The van der Waals surface area contributed by atoms with Gasteiger partial charge in [-0.05, 0) is 31.9 Å². The zero-order valence-electron chi connectivity index (χ0n) is 10.5. The summed E-state index contributed by atoms with van der Waals surface area (Å²) in [4.78, 5) is 21.3. The molecule has 0 spiro atoms. The third-order valence-corrected chi connectivity index (χ3v) is 2.66. The topological polar surface area (TPSA) is 89.7 Å². The molecular weight excluding hydrogens is 238 g/mol. The van der Waals surface area contributed by atoms with E-state index >= 15 is 0 Å². The van der Waals surface area contributed by atoms with Gasteiger partial charge in [0.15, 0.2) is 5.75 Å². The van der Waals surface area contributed by atoms with Crippen molar-refractivity contribution in [1.82, 2.24) is 0 Å². The molecule has 0 saturated carbocycles. The van der Waals surface area contributed by atoms with Crippen molar-refractivity contribution in [3.63, 3.8) is 0 Å². The molecule has 0 radical (unpaired) electrons. The highest BCUT2D eigenvalue weighted by Gasteiger charge is 2.28. The van der Waals surface area contributed by atoms with Crippen LogP contribution in [0.4, 0.5) is 5.69 Å². The number of carbonyl (C=O) groups is 1. The number of nitrogens with zero attached hydrogens (tertiary/aromatic N) is 1. The maximum atomic E-state index is 11.0. The lowest BCUT2D eigenvalue weighted by Crippen LogP contribution is -2.26. The molecule has 6 heteroatoms. The molecule has 0 aliphatic carbocycles. The number of nitro benzene ring substituents is 1. The SMILES string of the molecule is COc1ccc(CC(C)(C)C(=O)O)cc1[N+](=O)[O-]. The van der Waals surface area contributed by atoms with Gasteiger partial charge in [0.25, 0.3) is 0 Å². The van der Waals surface area contributed by atoms with Crippen molar-refractivity contribution in [2.45, 2.75) is 20.3 Å². The molecule has 1 aromatic rings. The van der Waals surface area contributed by atoms with Crippen LogP contribution < -0.4 is 4.74 Å². The third-order valence-electron chi connectivity index (χ3n) is 2.66. The summed E-state index contributed by atoms with van der Waals surface area (Å²) in [6.45, 7) is 3.15. The molecular formula is C12H15NO5. The fourth-order valence-corrected chi connectivity index (χ4v) is 1.57. The van der Waals surface area contributed by atoms with Gasteiger partial charge in [0.1, 0.15) is 0 Å². The zero-order chi connectivity index (χ0) is 13.9. The van der Waals surface area contributed by atoms with Crippen molar-refractivity contribution < 1.29 is 19.6 Å². The van der Waals surface area contributed by atoms with Crippen molar-refractivity contribution >= 4 is 11.7 Å². The van der Waals surface area contributed by atoms with Gasteiger partial charge in [-0.15, -0.1) is 0 Å². The van der Waals surface area contributed by atoms with Crippen LogP contribution in [0.1, 0.15) is 19.4 Å². The van der Waals surface area contributed by atoms with Gasteiger partial charge in [-0.3, -0.25) is 14.9 Å². The van der Waals surface area contributed by atoms with E-state index in [2.05, 4.69) is 0 Å². The molecule has 6 nitrogen and oxygen atoms in total. The van der Waals surface area contributed by atoms with E-state index in [0.717, 1.165) is 0 Å². The highest BCUT2D eigenvalue weighted by Crippen LogP contribution is 2.30. The molecule has 0 unspecified atom stereocenters. The van der Waals surface area contributed by atoms with E-state index in [0.29, 0.717) is 5.56 Å². The summed E-state index contributed by atoms with van der Waals surface area (Å²) in [5.74, 6) is -0.780. The van der Waals surface area contributed by atoms with E-state index in [9.17, 15) is 14.9 Å². The monoisotopic (exact) mass is 253 g/mol. The minimum Gasteiger partial charge on any atom is -0.490 e. The Kier molecular flexibility index (Phi) is 3.90. The second-order valence-corrected chi connectivity index (χ2v) is 4.63. The summed E-state index contributed by atoms with van der Waals surface area (Å²) in [6, 6.07) is 4.46. The zero-order valence-corrected chi connectivity index (χ0v) is 10.5. The van der Waals surface area contributed by atoms with E-state index < -0.39 is 16.3 Å². The number of hydrogen-bond donors (Lipinski definition) is 1. The summed E-state index contributed by atoms with van der Waals surface area (Å²) >= 11 is 0. The van der Waals surface area contributed by atoms with E-state index in [1.54, 1.807) is 19.9 Å². The Morgan fingerprint density at radius 1 is 1.50 bits per heavy atom. The molecule has 0 bridgehead atoms. The van der Waals surface area contributed by atoms with Crippen LogP contribution in [-0.2, 0) is 11.2 Å². The minimum atomic E-state index is -0.970. The summed E-state index contributed by atoms with van der Waals surface area (Å²) in [5, 5.41) is 19.9. The van der Waals surface area contributed by atoms with Crippen LogP contribution in [-0.4, -0.2) is 23.1 Å². The average Bonchev–Trinajstić information content (AvgIpc) is 2.28. The highest BCUT2D eigenvalue weighted by molar-refractivity contribution is 5.74. The molecule has 0 fully saturated rings. The van der Waals surface area contributed by atoms with Gasteiger partial charge >= 0.3 is 11.7 Å². The van der Waals surface area contributed by atoms with Crippen molar-refractivity contribution in [2.75, 3.05) is 7.11 Å². The maximum absolute atomic E-state index is 11.0. The Bertz CT molecular complexity index is 481. The normalized spacial score (nSPS) is 11.1. The van der Waals surface area contributed by atoms with E-state index in [4.69, 9.17) is 9.84 Å². The number of ether oxygens (including phenoxy) is 1. The second kappa shape index (κ2) is 5.03. The smallest absolute Gasteiger partial charge is 0.311 e. The number of carboxylic acids is 1. The Labute approximate surface area is 104 Å². The minimum absolute atomic E-state index is 0.156. The molecule has 0 aliphatic rings. The van der Waals surface area contributed by atoms with Crippen molar-refractivity contribution in [3.05, 3.63) is 33.9 Å². The van der Waals surface area contributed by atoms with Crippen LogP contribution in [0, 0.1) is 15.5 Å². The van der Waals surface area contributed by atoms with Crippen LogP contribution in [0.3, 0.4) is 0 Å². The Hall–Kier alpha value is -2.11.